The van der Waals surface area contributed by atoms with Crippen LogP contribution in [-0.2, 0) is 4.74 Å². The minimum Gasteiger partial charge on any atom is -0.374 e. The van der Waals surface area contributed by atoms with Crippen LogP contribution in [0, 0.1) is 11.8 Å². The molecule has 68 valence electrons. The van der Waals surface area contributed by atoms with Gasteiger partial charge < -0.3 is 10.1 Å². The van der Waals surface area contributed by atoms with Crippen LogP contribution in [0.15, 0.2) is 0 Å². The first-order chi connectivity index (χ1) is 5.77. The van der Waals surface area contributed by atoms with Crippen LogP contribution < -0.4 is 5.32 Å². The molecular weight excluding hydrogens is 150 g/mol. The molecule has 1 atom stereocenters. The maximum atomic E-state index is 5.61. The Morgan fingerprint density at radius 2 is 2.42 bits per heavy atom. The summed E-state index contributed by atoms with van der Waals surface area (Å²) < 4.78 is 5.61. The SMILES string of the molecule is CC#CCNCC1(C)CCCO1. The Bertz CT molecular complexity index is 184. The fraction of sp³-hybridized carbons (Fsp3) is 0.800. The standard InChI is InChI=1S/C10H17NO/c1-3-4-7-11-9-10(2)6-5-8-12-10/h11H,5-9H2,1-2H3. The van der Waals surface area contributed by atoms with E-state index in [1.807, 2.05) is 6.92 Å². The average Bonchev–Trinajstić information content (AvgIpc) is 2.47. The van der Waals surface area contributed by atoms with E-state index in [0.717, 1.165) is 19.7 Å². The second kappa shape index (κ2) is 4.49. The van der Waals surface area contributed by atoms with Crippen molar-refractivity contribution in [1.82, 2.24) is 5.32 Å². The summed E-state index contributed by atoms with van der Waals surface area (Å²) >= 11 is 0. The third kappa shape index (κ3) is 2.84. The number of nitrogens with one attached hydrogen (secondary N) is 1. The molecule has 0 aromatic rings. The van der Waals surface area contributed by atoms with Gasteiger partial charge in [-0.15, -0.1) is 5.92 Å². The highest BCUT2D eigenvalue weighted by atomic mass is 16.5. The summed E-state index contributed by atoms with van der Waals surface area (Å²) in [6.07, 6.45) is 2.36. The molecule has 0 radical (unpaired) electrons. The predicted molar refractivity (Wildman–Crippen MR) is 49.9 cm³/mol. The summed E-state index contributed by atoms with van der Waals surface area (Å²) in [6.45, 7) is 6.62. The molecule has 0 aromatic carbocycles. The Morgan fingerprint density at radius 3 is 3.00 bits per heavy atom. The molecule has 2 nitrogen and oxygen atoms in total. The lowest BCUT2D eigenvalue weighted by atomic mass is 10.0. The first-order valence-corrected chi connectivity index (χ1v) is 4.51. The summed E-state index contributed by atoms with van der Waals surface area (Å²) in [5.41, 5.74) is 0.0649. The maximum Gasteiger partial charge on any atom is 0.0779 e. The van der Waals surface area contributed by atoms with Crippen molar-refractivity contribution in [2.45, 2.75) is 32.3 Å². The lowest BCUT2D eigenvalue weighted by Gasteiger charge is -2.22. The van der Waals surface area contributed by atoms with Crippen molar-refractivity contribution in [2.75, 3.05) is 19.7 Å². The van der Waals surface area contributed by atoms with Crippen LogP contribution in [0.4, 0.5) is 0 Å². The highest BCUT2D eigenvalue weighted by Crippen LogP contribution is 2.23. The molecule has 1 heterocycles. The minimum absolute atomic E-state index is 0.0649. The molecule has 1 unspecified atom stereocenters. The highest BCUT2D eigenvalue weighted by Gasteiger charge is 2.28. The summed E-state index contributed by atoms with van der Waals surface area (Å²) in [6, 6.07) is 0. The van der Waals surface area contributed by atoms with Crippen molar-refractivity contribution >= 4 is 0 Å². The normalized spacial score (nSPS) is 28.2. The minimum atomic E-state index is 0.0649. The van der Waals surface area contributed by atoms with E-state index in [4.69, 9.17) is 4.74 Å². The topological polar surface area (TPSA) is 21.3 Å². The van der Waals surface area contributed by atoms with E-state index in [9.17, 15) is 0 Å². The molecule has 0 bridgehead atoms. The molecule has 1 N–H and O–H groups in total. The second-order valence-electron chi connectivity index (χ2n) is 3.43. The van der Waals surface area contributed by atoms with Gasteiger partial charge in [-0.3, -0.25) is 0 Å². The third-order valence-corrected chi connectivity index (χ3v) is 2.19. The van der Waals surface area contributed by atoms with Crippen molar-refractivity contribution in [3.05, 3.63) is 0 Å². The zero-order valence-corrected chi connectivity index (χ0v) is 7.94. The van der Waals surface area contributed by atoms with Gasteiger partial charge >= 0.3 is 0 Å². The number of ether oxygens (including phenoxy) is 1. The molecule has 0 amide bonds. The van der Waals surface area contributed by atoms with Gasteiger partial charge in [0.05, 0.1) is 12.1 Å². The van der Waals surface area contributed by atoms with E-state index in [0.29, 0.717) is 0 Å². The lowest BCUT2D eigenvalue weighted by molar-refractivity contribution is 0.0218. The highest BCUT2D eigenvalue weighted by molar-refractivity contribution is 4.97. The molecule has 0 saturated carbocycles. The van der Waals surface area contributed by atoms with E-state index >= 15 is 0 Å². The van der Waals surface area contributed by atoms with Gasteiger partial charge in [0.25, 0.3) is 0 Å². The zero-order chi connectivity index (χ0) is 8.86. The molecule has 0 aliphatic carbocycles. The molecule has 1 fully saturated rings. The van der Waals surface area contributed by atoms with E-state index < -0.39 is 0 Å². The first kappa shape index (κ1) is 9.57. The van der Waals surface area contributed by atoms with Crippen molar-refractivity contribution in [3.63, 3.8) is 0 Å². The number of rotatable bonds is 3. The van der Waals surface area contributed by atoms with E-state index in [-0.39, 0.29) is 5.60 Å². The van der Waals surface area contributed by atoms with Gasteiger partial charge in [-0.05, 0) is 26.7 Å². The van der Waals surface area contributed by atoms with Crippen LogP contribution >= 0.6 is 0 Å². The summed E-state index contributed by atoms with van der Waals surface area (Å²) in [5, 5.41) is 3.27. The van der Waals surface area contributed by atoms with Crippen LogP contribution in [-0.4, -0.2) is 25.3 Å². The monoisotopic (exact) mass is 167 g/mol. The largest absolute Gasteiger partial charge is 0.374 e. The maximum absolute atomic E-state index is 5.61. The van der Waals surface area contributed by atoms with Gasteiger partial charge in [-0.1, -0.05) is 5.92 Å². The van der Waals surface area contributed by atoms with Crippen LogP contribution in [0.25, 0.3) is 0 Å². The fourth-order valence-electron chi connectivity index (χ4n) is 1.45. The van der Waals surface area contributed by atoms with Crippen LogP contribution in [0.5, 0.6) is 0 Å². The Kier molecular flexibility index (Phi) is 3.58. The lowest BCUT2D eigenvalue weighted by Crippen LogP contribution is -2.37. The molecular formula is C10H17NO. The molecule has 1 aliphatic heterocycles. The van der Waals surface area contributed by atoms with Gasteiger partial charge in [0, 0.05) is 13.2 Å². The molecule has 12 heavy (non-hydrogen) atoms. The van der Waals surface area contributed by atoms with Crippen molar-refractivity contribution < 1.29 is 4.74 Å². The van der Waals surface area contributed by atoms with Crippen LogP contribution in [0.2, 0.25) is 0 Å². The van der Waals surface area contributed by atoms with E-state index in [2.05, 4.69) is 24.1 Å². The smallest absolute Gasteiger partial charge is 0.0779 e. The van der Waals surface area contributed by atoms with Crippen LogP contribution in [0.1, 0.15) is 26.7 Å². The quantitative estimate of drug-likeness (QED) is 0.503. The Balaban J connectivity index is 2.15. The molecule has 0 spiro atoms. The van der Waals surface area contributed by atoms with Crippen molar-refractivity contribution in [3.8, 4) is 11.8 Å². The zero-order valence-electron chi connectivity index (χ0n) is 7.94. The Morgan fingerprint density at radius 1 is 1.58 bits per heavy atom. The van der Waals surface area contributed by atoms with Crippen LogP contribution in [0.3, 0.4) is 0 Å². The average molecular weight is 167 g/mol. The van der Waals surface area contributed by atoms with E-state index in [1.54, 1.807) is 0 Å². The summed E-state index contributed by atoms with van der Waals surface area (Å²) in [7, 11) is 0. The van der Waals surface area contributed by atoms with Gasteiger partial charge in [0.1, 0.15) is 0 Å². The fourth-order valence-corrected chi connectivity index (χ4v) is 1.45. The molecule has 1 saturated heterocycles. The molecule has 1 rings (SSSR count). The van der Waals surface area contributed by atoms with Gasteiger partial charge in [-0.2, -0.15) is 0 Å². The summed E-state index contributed by atoms with van der Waals surface area (Å²) in [5.74, 6) is 5.83. The van der Waals surface area contributed by atoms with Gasteiger partial charge in [0.15, 0.2) is 0 Å². The molecule has 1 aliphatic rings. The van der Waals surface area contributed by atoms with Gasteiger partial charge in [0.2, 0.25) is 0 Å². The second-order valence-corrected chi connectivity index (χ2v) is 3.43. The molecule has 2 heteroatoms. The summed E-state index contributed by atoms with van der Waals surface area (Å²) in [4.78, 5) is 0. The Labute approximate surface area is 74.7 Å². The predicted octanol–water partition coefficient (Wildman–Crippen LogP) is 1.17. The third-order valence-electron chi connectivity index (χ3n) is 2.19. The first-order valence-electron chi connectivity index (χ1n) is 4.51. The molecule has 0 aromatic heterocycles. The van der Waals surface area contributed by atoms with Crippen molar-refractivity contribution in [2.24, 2.45) is 0 Å². The number of hydrogen-bond donors (Lipinski definition) is 1. The van der Waals surface area contributed by atoms with Gasteiger partial charge in [-0.25, -0.2) is 0 Å². The van der Waals surface area contributed by atoms with E-state index in [1.165, 1.54) is 12.8 Å². The van der Waals surface area contributed by atoms with Crippen molar-refractivity contribution in [1.29, 1.82) is 0 Å². The number of hydrogen-bond acceptors (Lipinski definition) is 2. The Hall–Kier alpha value is -0.520.